The van der Waals surface area contributed by atoms with Crippen LogP contribution in [0.2, 0.25) is 0 Å². The zero-order chi connectivity index (χ0) is 16.9. The molecular weight excluding hydrogens is 321 g/mol. The Balaban J connectivity index is 1.82. The maximum absolute atomic E-state index is 13.3. The van der Waals surface area contributed by atoms with Crippen LogP contribution in [0, 0.1) is 5.82 Å². The van der Waals surface area contributed by atoms with Crippen LogP contribution in [0.25, 0.3) is 0 Å². The molecule has 0 saturated heterocycles. The predicted octanol–water partition coefficient (Wildman–Crippen LogP) is 4.16. The summed E-state index contributed by atoms with van der Waals surface area (Å²) in [5, 5.41) is 3.54. The summed E-state index contributed by atoms with van der Waals surface area (Å²) in [5.41, 5.74) is 2.19. The molecule has 3 rings (SSSR count). The zero-order valence-corrected chi connectivity index (χ0v) is 14.6. The lowest BCUT2D eigenvalue weighted by Gasteiger charge is -2.19. The highest BCUT2D eigenvalue weighted by atomic mass is 32.2. The highest BCUT2D eigenvalue weighted by Crippen LogP contribution is 2.22. The lowest BCUT2D eigenvalue weighted by Crippen LogP contribution is -2.24. The third-order valence-electron chi connectivity index (χ3n) is 3.99. The first-order valence-electron chi connectivity index (χ1n) is 7.76. The predicted molar refractivity (Wildman–Crippen MR) is 96.5 cm³/mol. The average molecular weight is 341 g/mol. The van der Waals surface area contributed by atoms with Crippen LogP contribution in [0.5, 0.6) is 0 Å². The van der Waals surface area contributed by atoms with Gasteiger partial charge in [-0.3, -0.25) is 5.32 Å². The first kappa shape index (κ1) is 16.7. The van der Waals surface area contributed by atoms with Crippen LogP contribution in [-0.2, 0) is 13.6 Å². The van der Waals surface area contributed by atoms with Crippen LogP contribution >= 0.6 is 11.8 Å². The highest BCUT2D eigenvalue weighted by Gasteiger charge is 2.17. The van der Waals surface area contributed by atoms with Crippen LogP contribution in [0.3, 0.4) is 0 Å². The molecule has 5 heteroatoms. The second-order valence-electron chi connectivity index (χ2n) is 5.61. The van der Waals surface area contributed by atoms with Gasteiger partial charge in [0.15, 0.2) is 0 Å². The number of nitrogens with zero attached hydrogens (tertiary/aromatic N) is 2. The lowest BCUT2D eigenvalue weighted by atomic mass is 10.1. The number of hydrogen-bond donors (Lipinski definition) is 1. The summed E-state index contributed by atoms with van der Waals surface area (Å²) < 4.78 is 15.2. The zero-order valence-electron chi connectivity index (χ0n) is 13.7. The van der Waals surface area contributed by atoms with E-state index in [1.54, 1.807) is 30.1 Å². The van der Waals surface area contributed by atoms with Gasteiger partial charge in [0.25, 0.3) is 0 Å². The molecule has 0 aliphatic carbocycles. The second kappa shape index (κ2) is 7.64. The molecule has 1 atom stereocenters. The van der Waals surface area contributed by atoms with E-state index in [0.717, 1.165) is 11.4 Å². The number of rotatable bonds is 6. The summed E-state index contributed by atoms with van der Waals surface area (Å²) in [6.07, 6.45) is 5.76. The van der Waals surface area contributed by atoms with Gasteiger partial charge in [-0.2, -0.15) is 0 Å². The van der Waals surface area contributed by atoms with Gasteiger partial charge in [-0.15, -0.1) is 11.8 Å². The number of hydrogen-bond acceptors (Lipinski definition) is 3. The maximum Gasteiger partial charge on any atom is 0.130 e. The summed E-state index contributed by atoms with van der Waals surface area (Å²) in [5.74, 6) is 0.673. The minimum atomic E-state index is -0.231. The number of benzene rings is 2. The Morgan fingerprint density at radius 1 is 1.12 bits per heavy atom. The van der Waals surface area contributed by atoms with Gasteiger partial charge in [0, 0.05) is 30.9 Å². The molecular formula is C19H20FN3S. The van der Waals surface area contributed by atoms with E-state index in [1.807, 2.05) is 17.8 Å². The molecule has 1 heterocycles. The van der Waals surface area contributed by atoms with E-state index in [2.05, 4.69) is 40.8 Å². The van der Waals surface area contributed by atoms with Crippen molar-refractivity contribution in [2.24, 2.45) is 7.05 Å². The van der Waals surface area contributed by atoms with Crippen molar-refractivity contribution in [1.29, 1.82) is 0 Å². The Morgan fingerprint density at radius 2 is 1.83 bits per heavy atom. The van der Waals surface area contributed by atoms with Gasteiger partial charge in [-0.1, -0.05) is 24.3 Å². The number of imidazole rings is 1. The monoisotopic (exact) mass is 341 g/mol. The summed E-state index contributed by atoms with van der Waals surface area (Å²) in [7, 11) is 1.97. The summed E-state index contributed by atoms with van der Waals surface area (Å²) in [6.45, 7) is 0.712. The van der Waals surface area contributed by atoms with E-state index < -0.39 is 0 Å². The SMILES string of the molecule is CSc1ccc(CN[C@H](c2ccc(F)cc2)c2nccn2C)cc1. The fourth-order valence-corrected chi connectivity index (χ4v) is 3.04. The van der Waals surface area contributed by atoms with Gasteiger partial charge in [0.1, 0.15) is 11.6 Å². The Labute approximate surface area is 145 Å². The van der Waals surface area contributed by atoms with Crippen molar-refractivity contribution < 1.29 is 4.39 Å². The molecule has 0 aliphatic rings. The molecule has 0 unspecified atom stereocenters. The van der Waals surface area contributed by atoms with Crippen LogP contribution in [0.1, 0.15) is 23.0 Å². The van der Waals surface area contributed by atoms with Gasteiger partial charge in [-0.25, -0.2) is 9.37 Å². The molecule has 24 heavy (non-hydrogen) atoms. The van der Waals surface area contributed by atoms with Crippen molar-refractivity contribution in [3.05, 3.63) is 83.7 Å². The van der Waals surface area contributed by atoms with Gasteiger partial charge in [0.2, 0.25) is 0 Å². The molecule has 0 spiro atoms. The van der Waals surface area contributed by atoms with Crippen molar-refractivity contribution in [3.8, 4) is 0 Å². The molecule has 0 amide bonds. The first-order valence-corrected chi connectivity index (χ1v) is 8.99. The number of aryl methyl sites for hydroxylation is 1. The van der Waals surface area contributed by atoms with Crippen molar-refractivity contribution >= 4 is 11.8 Å². The third-order valence-corrected chi connectivity index (χ3v) is 4.73. The molecule has 124 valence electrons. The molecule has 2 aromatic carbocycles. The van der Waals surface area contributed by atoms with E-state index in [1.165, 1.54) is 22.6 Å². The highest BCUT2D eigenvalue weighted by molar-refractivity contribution is 7.98. The normalized spacial score (nSPS) is 12.3. The van der Waals surface area contributed by atoms with E-state index in [4.69, 9.17) is 0 Å². The number of thioether (sulfide) groups is 1. The molecule has 0 bridgehead atoms. The van der Waals surface area contributed by atoms with Gasteiger partial charge >= 0.3 is 0 Å². The molecule has 1 N–H and O–H groups in total. The molecule has 0 saturated carbocycles. The minimum Gasteiger partial charge on any atom is -0.336 e. The second-order valence-corrected chi connectivity index (χ2v) is 6.49. The average Bonchev–Trinajstić information content (AvgIpc) is 3.03. The van der Waals surface area contributed by atoms with Crippen molar-refractivity contribution in [1.82, 2.24) is 14.9 Å². The van der Waals surface area contributed by atoms with Gasteiger partial charge in [-0.05, 0) is 41.6 Å². The van der Waals surface area contributed by atoms with Gasteiger partial charge < -0.3 is 4.57 Å². The fourth-order valence-electron chi connectivity index (χ4n) is 2.63. The maximum atomic E-state index is 13.3. The lowest BCUT2D eigenvalue weighted by molar-refractivity contribution is 0.555. The minimum absolute atomic E-state index is 0.0918. The van der Waals surface area contributed by atoms with E-state index in [9.17, 15) is 4.39 Å². The summed E-state index contributed by atoms with van der Waals surface area (Å²) >= 11 is 1.73. The van der Waals surface area contributed by atoms with E-state index >= 15 is 0 Å². The summed E-state index contributed by atoms with van der Waals surface area (Å²) in [4.78, 5) is 5.71. The van der Waals surface area contributed by atoms with Crippen LogP contribution in [-0.4, -0.2) is 15.8 Å². The Morgan fingerprint density at radius 3 is 2.42 bits per heavy atom. The molecule has 3 aromatic rings. The molecule has 1 aromatic heterocycles. The van der Waals surface area contributed by atoms with Crippen molar-refractivity contribution in [2.75, 3.05) is 6.26 Å². The third kappa shape index (κ3) is 3.86. The van der Waals surface area contributed by atoms with E-state index in [0.29, 0.717) is 6.54 Å². The largest absolute Gasteiger partial charge is 0.336 e. The van der Waals surface area contributed by atoms with Gasteiger partial charge in [0.05, 0.1) is 6.04 Å². The van der Waals surface area contributed by atoms with Crippen LogP contribution < -0.4 is 5.32 Å². The van der Waals surface area contributed by atoms with Crippen LogP contribution in [0.4, 0.5) is 4.39 Å². The Kier molecular flexibility index (Phi) is 5.33. The van der Waals surface area contributed by atoms with Crippen molar-refractivity contribution in [3.63, 3.8) is 0 Å². The first-order chi connectivity index (χ1) is 11.7. The molecule has 0 aliphatic heterocycles. The number of aromatic nitrogens is 2. The number of nitrogens with one attached hydrogen (secondary N) is 1. The fraction of sp³-hybridized carbons (Fsp3) is 0.211. The Bertz CT molecular complexity index is 781. The molecule has 0 radical (unpaired) electrons. The van der Waals surface area contributed by atoms with E-state index in [-0.39, 0.29) is 11.9 Å². The molecule has 3 nitrogen and oxygen atoms in total. The quantitative estimate of drug-likeness (QED) is 0.683. The Hall–Kier alpha value is -2.11. The topological polar surface area (TPSA) is 29.9 Å². The smallest absolute Gasteiger partial charge is 0.130 e. The summed E-state index contributed by atoms with van der Waals surface area (Å²) in [6, 6.07) is 15.0. The molecule has 0 fully saturated rings. The van der Waals surface area contributed by atoms with Crippen LogP contribution in [0.15, 0.2) is 65.8 Å². The van der Waals surface area contributed by atoms with Crippen molar-refractivity contribution in [2.45, 2.75) is 17.5 Å². The standard InChI is InChI=1S/C19H20FN3S/c1-23-12-11-21-19(23)18(15-5-7-16(20)8-6-15)22-13-14-3-9-17(24-2)10-4-14/h3-12,18,22H,13H2,1-2H3/t18-/m1/s1. The number of halogens is 1.